The summed E-state index contributed by atoms with van der Waals surface area (Å²) in [6.07, 6.45) is 3.43. The molecule has 1 unspecified atom stereocenters. The van der Waals surface area contributed by atoms with Gasteiger partial charge in [-0.15, -0.1) is 0 Å². The first-order valence-electron chi connectivity index (χ1n) is 10.6. The molecule has 7 nitrogen and oxygen atoms in total. The average molecular weight is 435 g/mol. The lowest BCUT2D eigenvalue weighted by Crippen LogP contribution is -2.47. The van der Waals surface area contributed by atoms with E-state index in [1.54, 1.807) is 27.0 Å². The van der Waals surface area contributed by atoms with Gasteiger partial charge in [-0.05, 0) is 51.0 Å². The van der Waals surface area contributed by atoms with Crippen molar-refractivity contribution in [1.29, 1.82) is 0 Å². The Morgan fingerprint density at radius 1 is 1.03 bits per heavy atom. The number of nitrogens with zero attached hydrogens (tertiary/aromatic N) is 2. The quantitative estimate of drug-likeness (QED) is 0.580. The van der Waals surface area contributed by atoms with E-state index in [0.29, 0.717) is 18.7 Å². The van der Waals surface area contributed by atoms with Crippen LogP contribution in [0.4, 0.5) is 10.5 Å². The number of carbonyl (C=O) groups excluding carboxylic acids is 2. The number of anilines is 1. The van der Waals surface area contributed by atoms with Gasteiger partial charge in [-0.3, -0.25) is 4.79 Å². The minimum atomic E-state index is -0.777. The van der Waals surface area contributed by atoms with Crippen LogP contribution in [0.1, 0.15) is 37.7 Å². The number of benzene rings is 2. The molecule has 0 aliphatic rings. The molecule has 3 rings (SSSR count). The molecule has 1 aromatic heterocycles. The molecule has 0 aliphatic heterocycles. The molecule has 0 aliphatic carbocycles. The van der Waals surface area contributed by atoms with Crippen LogP contribution < -0.4 is 10.6 Å². The Labute approximate surface area is 188 Å². The van der Waals surface area contributed by atoms with Crippen molar-refractivity contribution >= 4 is 17.7 Å². The molecule has 168 valence electrons. The van der Waals surface area contributed by atoms with Gasteiger partial charge in [0.25, 0.3) is 0 Å². The van der Waals surface area contributed by atoms with Crippen molar-refractivity contribution in [2.45, 2.75) is 52.3 Å². The summed E-state index contributed by atoms with van der Waals surface area (Å²) in [6, 6.07) is 16.4. The van der Waals surface area contributed by atoms with E-state index in [1.165, 1.54) is 0 Å². The number of aryl methyl sites for hydroxylation is 1. The van der Waals surface area contributed by atoms with Crippen LogP contribution in [0.3, 0.4) is 0 Å². The summed E-state index contributed by atoms with van der Waals surface area (Å²) in [4.78, 5) is 29.6. The van der Waals surface area contributed by atoms with Crippen LogP contribution in [-0.4, -0.2) is 33.2 Å². The average Bonchev–Trinajstić information content (AvgIpc) is 3.13. The minimum absolute atomic E-state index is 0.307. The molecule has 0 saturated carbocycles. The van der Waals surface area contributed by atoms with Gasteiger partial charge in [-0.1, -0.05) is 42.5 Å². The fourth-order valence-electron chi connectivity index (χ4n) is 3.20. The Kier molecular flexibility index (Phi) is 7.30. The minimum Gasteiger partial charge on any atom is -0.444 e. The molecule has 7 heteroatoms. The number of ether oxygens (including phenoxy) is 1. The van der Waals surface area contributed by atoms with Crippen LogP contribution in [0, 0.1) is 6.92 Å². The molecule has 2 aromatic carbocycles. The van der Waals surface area contributed by atoms with E-state index in [4.69, 9.17) is 4.74 Å². The Balaban J connectivity index is 1.68. The molecular weight excluding hydrogens is 404 g/mol. The second kappa shape index (κ2) is 10.1. The third-order valence-corrected chi connectivity index (χ3v) is 4.79. The predicted molar refractivity (Wildman–Crippen MR) is 124 cm³/mol. The zero-order valence-electron chi connectivity index (χ0n) is 19.0. The monoisotopic (exact) mass is 434 g/mol. The number of aromatic nitrogens is 2. The van der Waals surface area contributed by atoms with Gasteiger partial charge in [0, 0.05) is 31.0 Å². The maximum Gasteiger partial charge on any atom is 0.408 e. The standard InChI is InChI=1S/C25H30N4O3/c1-18-26-14-15-29(18)17-20-10-12-21(13-11-20)27-23(30)22(16-19-8-6-5-7-9-19)28-24(31)32-25(2,3)4/h5-15,22H,16-17H2,1-4H3,(H,27,30)(H,28,31). The SMILES string of the molecule is Cc1nccn1Cc1ccc(NC(=O)C(Cc2ccccc2)NC(=O)OC(C)(C)C)cc1. The Morgan fingerprint density at radius 3 is 2.31 bits per heavy atom. The molecule has 1 heterocycles. The highest BCUT2D eigenvalue weighted by Gasteiger charge is 2.25. The van der Waals surface area contributed by atoms with Crippen LogP contribution >= 0.6 is 0 Å². The third-order valence-electron chi connectivity index (χ3n) is 4.79. The van der Waals surface area contributed by atoms with E-state index in [1.807, 2.05) is 72.3 Å². The molecule has 3 aromatic rings. The number of carbonyl (C=O) groups is 2. The molecule has 0 spiro atoms. The normalized spacial score (nSPS) is 12.1. The number of nitrogens with one attached hydrogen (secondary N) is 2. The third kappa shape index (κ3) is 6.97. The maximum absolute atomic E-state index is 13.0. The fraction of sp³-hybridized carbons (Fsp3) is 0.320. The number of alkyl carbamates (subject to hydrolysis) is 1. The number of rotatable bonds is 7. The summed E-state index contributed by atoms with van der Waals surface area (Å²) in [5.41, 5.74) is 2.04. The van der Waals surface area contributed by atoms with Gasteiger partial charge in [-0.2, -0.15) is 0 Å². The number of imidazole rings is 1. The van der Waals surface area contributed by atoms with Crippen molar-refractivity contribution < 1.29 is 14.3 Å². The van der Waals surface area contributed by atoms with Crippen LogP contribution in [0.15, 0.2) is 67.0 Å². The van der Waals surface area contributed by atoms with Gasteiger partial charge in [0.2, 0.25) is 5.91 Å². The van der Waals surface area contributed by atoms with Crippen LogP contribution in [0.2, 0.25) is 0 Å². The second-order valence-electron chi connectivity index (χ2n) is 8.68. The van der Waals surface area contributed by atoms with E-state index in [9.17, 15) is 9.59 Å². The van der Waals surface area contributed by atoms with Gasteiger partial charge >= 0.3 is 6.09 Å². The lowest BCUT2D eigenvalue weighted by molar-refractivity contribution is -0.118. The van der Waals surface area contributed by atoms with E-state index in [0.717, 1.165) is 17.0 Å². The first kappa shape index (κ1) is 23.1. The fourth-order valence-corrected chi connectivity index (χ4v) is 3.20. The first-order valence-corrected chi connectivity index (χ1v) is 10.6. The van der Waals surface area contributed by atoms with E-state index in [2.05, 4.69) is 15.6 Å². The molecule has 1 atom stereocenters. The Morgan fingerprint density at radius 2 is 1.72 bits per heavy atom. The summed E-state index contributed by atoms with van der Waals surface area (Å²) in [5.74, 6) is 0.636. The first-order chi connectivity index (χ1) is 15.2. The van der Waals surface area contributed by atoms with Crippen molar-refractivity contribution in [2.24, 2.45) is 0 Å². The van der Waals surface area contributed by atoms with Gasteiger partial charge < -0.3 is 19.9 Å². The second-order valence-corrected chi connectivity index (χ2v) is 8.68. The summed E-state index contributed by atoms with van der Waals surface area (Å²) < 4.78 is 7.39. The number of hydrogen-bond donors (Lipinski definition) is 2. The molecule has 0 saturated heterocycles. The molecule has 2 N–H and O–H groups in total. The highest BCUT2D eigenvalue weighted by molar-refractivity contribution is 5.96. The highest BCUT2D eigenvalue weighted by atomic mass is 16.6. The summed E-state index contributed by atoms with van der Waals surface area (Å²) in [5, 5.41) is 5.61. The van der Waals surface area contributed by atoms with Crippen molar-refractivity contribution in [3.63, 3.8) is 0 Å². The molecule has 0 fully saturated rings. The van der Waals surface area contributed by atoms with Gasteiger partial charge in [0.05, 0.1) is 0 Å². The van der Waals surface area contributed by atoms with E-state index >= 15 is 0 Å². The topological polar surface area (TPSA) is 85.3 Å². The van der Waals surface area contributed by atoms with Crippen molar-refractivity contribution in [3.8, 4) is 0 Å². The van der Waals surface area contributed by atoms with E-state index < -0.39 is 17.7 Å². The van der Waals surface area contributed by atoms with E-state index in [-0.39, 0.29) is 5.91 Å². The van der Waals surface area contributed by atoms with Crippen LogP contribution in [-0.2, 0) is 22.5 Å². The summed E-state index contributed by atoms with van der Waals surface area (Å²) in [7, 11) is 0. The zero-order chi connectivity index (χ0) is 23.1. The molecular formula is C25H30N4O3. The zero-order valence-corrected chi connectivity index (χ0v) is 19.0. The lowest BCUT2D eigenvalue weighted by atomic mass is 10.1. The van der Waals surface area contributed by atoms with Crippen LogP contribution in [0.5, 0.6) is 0 Å². The molecule has 2 amide bonds. The maximum atomic E-state index is 13.0. The Hall–Kier alpha value is -3.61. The largest absolute Gasteiger partial charge is 0.444 e. The van der Waals surface area contributed by atoms with Gasteiger partial charge in [0.1, 0.15) is 17.5 Å². The number of hydrogen-bond acceptors (Lipinski definition) is 4. The van der Waals surface area contributed by atoms with Crippen molar-refractivity contribution in [2.75, 3.05) is 5.32 Å². The Bertz CT molecular complexity index is 1040. The summed E-state index contributed by atoms with van der Waals surface area (Å²) >= 11 is 0. The predicted octanol–water partition coefficient (Wildman–Crippen LogP) is 4.31. The van der Waals surface area contributed by atoms with Gasteiger partial charge in [0.15, 0.2) is 0 Å². The van der Waals surface area contributed by atoms with Crippen LogP contribution in [0.25, 0.3) is 0 Å². The molecule has 0 radical (unpaired) electrons. The highest BCUT2D eigenvalue weighted by Crippen LogP contribution is 2.14. The van der Waals surface area contributed by atoms with Crippen molar-refractivity contribution in [1.82, 2.24) is 14.9 Å². The van der Waals surface area contributed by atoms with Gasteiger partial charge in [-0.25, -0.2) is 9.78 Å². The van der Waals surface area contributed by atoms with Crippen molar-refractivity contribution in [3.05, 3.63) is 83.9 Å². The summed E-state index contributed by atoms with van der Waals surface area (Å²) in [6.45, 7) is 8.01. The lowest BCUT2D eigenvalue weighted by Gasteiger charge is -2.23. The number of amides is 2. The smallest absolute Gasteiger partial charge is 0.408 e. The molecule has 0 bridgehead atoms. The molecule has 32 heavy (non-hydrogen) atoms.